The summed E-state index contributed by atoms with van der Waals surface area (Å²) in [6, 6.07) is 5.03. The molecule has 0 aliphatic carbocycles. The third-order valence-electron chi connectivity index (χ3n) is 1.92. The molecule has 0 heterocycles. The van der Waals surface area contributed by atoms with Crippen molar-refractivity contribution in [3.05, 3.63) is 29.3 Å². The van der Waals surface area contributed by atoms with Crippen LogP contribution in [0.25, 0.3) is 0 Å². The second-order valence-electron chi connectivity index (χ2n) is 2.87. The van der Waals surface area contributed by atoms with Crippen LogP contribution >= 0.6 is 11.6 Å². The van der Waals surface area contributed by atoms with E-state index in [9.17, 15) is 4.79 Å². The quantitative estimate of drug-likeness (QED) is 0.358. The van der Waals surface area contributed by atoms with Crippen molar-refractivity contribution in [2.75, 3.05) is 12.0 Å². The van der Waals surface area contributed by atoms with Crippen molar-refractivity contribution in [3.63, 3.8) is 0 Å². The standard InChI is InChI=1S/C10H13ClN2O2/c1-2-15-10(14)7-3-4-8(6-11)9(5-7)13-12/h3-5,13H,2,6,12H2,1H3. The van der Waals surface area contributed by atoms with E-state index >= 15 is 0 Å². The normalized spacial score (nSPS) is 9.80. The summed E-state index contributed by atoms with van der Waals surface area (Å²) in [6.07, 6.45) is 0. The first kappa shape index (κ1) is 11.8. The van der Waals surface area contributed by atoms with Gasteiger partial charge in [-0.25, -0.2) is 4.79 Å². The van der Waals surface area contributed by atoms with Crippen molar-refractivity contribution >= 4 is 23.3 Å². The summed E-state index contributed by atoms with van der Waals surface area (Å²) in [7, 11) is 0. The predicted octanol–water partition coefficient (Wildman–Crippen LogP) is 1.89. The number of ether oxygens (including phenoxy) is 1. The largest absolute Gasteiger partial charge is 0.462 e. The summed E-state index contributed by atoms with van der Waals surface area (Å²) >= 11 is 5.69. The number of rotatable bonds is 4. The highest BCUT2D eigenvalue weighted by molar-refractivity contribution is 6.17. The van der Waals surface area contributed by atoms with Crippen molar-refractivity contribution < 1.29 is 9.53 Å². The van der Waals surface area contributed by atoms with Gasteiger partial charge in [0.1, 0.15) is 0 Å². The van der Waals surface area contributed by atoms with Crippen molar-refractivity contribution in [1.29, 1.82) is 0 Å². The van der Waals surface area contributed by atoms with Gasteiger partial charge in [-0.15, -0.1) is 11.6 Å². The van der Waals surface area contributed by atoms with Crippen LogP contribution in [0.15, 0.2) is 18.2 Å². The number of hydrazine groups is 1. The molecule has 0 saturated heterocycles. The zero-order chi connectivity index (χ0) is 11.3. The summed E-state index contributed by atoms with van der Waals surface area (Å²) in [6.45, 7) is 2.11. The number of nitrogens with one attached hydrogen (secondary N) is 1. The minimum absolute atomic E-state index is 0.336. The molecule has 1 aromatic carbocycles. The van der Waals surface area contributed by atoms with E-state index in [-0.39, 0.29) is 5.97 Å². The van der Waals surface area contributed by atoms with Crippen LogP contribution in [0.3, 0.4) is 0 Å². The van der Waals surface area contributed by atoms with E-state index in [1.165, 1.54) is 0 Å². The number of esters is 1. The molecule has 0 aliphatic heterocycles. The molecule has 0 radical (unpaired) electrons. The fourth-order valence-corrected chi connectivity index (χ4v) is 1.40. The van der Waals surface area contributed by atoms with Gasteiger partial charge < -0.3 is 10.2 Å². The molecule has 5 heteroatoms. The number of hydrogen-bond acceptors (Lipinski definition) is 4. The Bertz CT molecular complexity index is 355. The van der Waals surface area contributed by atoms with E-state index in [4.69, 9.17) is 22.2 Å². The number of hydrogen-bond donors (Lipinski definition) is 2. The second-order valence-corrected chi connectivity index (χ2v) is 3.14. The van der Waals surface area contributed by atoms with E-state index in [1.54, 1.807) is 25.1 Å². The summed E-state index contributed by atoms with van der Waals surface area (Å²) in [4.78, 5) is 11.4. The highest BCUT2D eigenvalue weighted by Gasteiger charge is 2.09. The van der Waals surface area contributed by atoms with Crippen molar-refractivity contribution in [2.24, 2.45) is 5.84 Å². The topological polar surface area (TPSA) is 64.3 Å². The molecule has 0 fully saturated rings. The fourth-order valence-electron chi connectivity index (χ4n) is 1.17. The molecule has 0 aliphatic rings. The lowest BCUT2D eigenvalue weighted by molar-refractivity contribution is 0.0526. The highest BCUT2D eigenvalue weighted by atomic mass is 35.5. The molecular weight excluding hydrogens is 216 g/mol. The van der Waals surface area contributed by atoms with Gasteiger partial charge in [-0.1, -0.05) is 6.07 Å². The fraction of sp³-hybridized carbons (Fsp3) is 0.300. The Morgan fingerprint density at radius 1 is 1.60 bits per heavy atom. The zero-order valence-corrected chi connectivity index (χ0v) is 9.17. The maximum absolute atomic E-state index is 11.4. The third-order valence-corrected chi connectivity index (χ3v) is 2.21. The molecule has 1 rings (SSSR count). The summed E-state index contributed by atoms with van der Waals surface area (Å²) in [5, 5.41) is 0. The van der Waals surface area contributed by atoms with Gasteiger partial charge in [-0.05, 0) is 24.6 Å². The Kier molecular flexibility index (Phi) is 4.39. The Balaban J connectivity index is 2.97. The van der Waals surface area contributed by atoms with Crippen LogP contribution in [0.5, 0.6) is 0 Å². The van der Waals surface area contributed by atoms with Crippen molar-refractivity contribution in [3.8, 4) is 0 Å². The van der Waals surface area contributed by atoms with Crippen LogP contribution in [0.2, 0.25) is 0 Å². The molecule has 1 aromatic rings. The lowest BCUT2D eigenvalue weighted by Gasteiger charge is -2.08. The predicted molar refractivity (Wildman–Crippen MR) is 59.8 cm³/mol. The molecule has 82 valence electrons. The number of nitrogens with two attached hydrogens (primary N) is 1. The summed E-state index contributed by atoms with van der Waals surface area (Å²) in [5.41, 5.74) is 4.42. The minimum atomic E-state index is -0.366. The van der Waals surface area contributed by atoms with Crippen LogP contribution in [-0.2, 0) is 10.6 Å². The van der Waals surface area contributed by atoms with E-state index in [1.807, 2.05) is 0 Å². The molecule has 0 unspecified atom stereocenters. The maximum Gasteiger partial charge on any atom is 0.338 e. The van der Waals surface area contributed by atoms with Crippen LogP contribution in [-0.4, -0.2) is 12.6 Å². The molecule has 0 saturated carbocycles. The summed E-state index contributed by atoms with van der Waals surface area (Å²) in [5.74, 6) is 5.28. The number of carbonyl (C=O) groups is 1. The maximum atomic E-state index is 11.4. The first-order valence-corrected chi connectivity index (χ1v) is 5.09. The van der Waals surface area contributed by atoms with Crippen LogP contribution < -0.4 is 11.3 Å². The Morgan fingerprint density at radius 2 is 2.33 bits per heavy atom. The average molecular weight is 229 g/mol. The number of alkyl halides is 1. The molecule has 4 nitrogen and oxygen atoms in total. The molecular formula is C10H13ClN2O2. The van der Waals surface area contributed by atoms with Crippen LogP contribution in [0, 0.1) is 0 Å². The molecule has 0 bridgehead atoms. The molecule has 0 amide bonds. The molecule has 3 N–H and O–H groups in total. The third kappa shape index (κ3) is 2.84. The molecule has 0 spiro atoms. The molecule has 0 aromatic heterocycles. The van der Waals surface area contributed by atoms with E-state index in [2.05, 4.69) is 5.43 Å². The van der Waals surface area contributed by atoms with Crippen molar-refractivity contribution in [1.82, 2.24) is 0 Å². The van der Waals surface area contributed by atoms with Crippen LogP contribution in [0.4, 0.5) is 5.69 Å². The SMILES string of the molecule is CCOC(=O)c1ccc(CCl)c(NN)c1. The number of halogens is 1. The summed E-state index contributed by atoms with van der Waals surface area (Å²) < 4.78 is 4.86. The number of anilines is 1. The first-order chi connectivity index (χ1) is 7.22. The number of carbonyl (C=O) groups excluding carboxylic acids is 1. The minimum Gasteiger partial charge on any atom is -0.462 e. The Morgan fingerprint density at radius 3 is 2.87 bits per heavy atom. The number of benzene rings is 1. The van der Waals surface area contributed by atoms with Gasteiger partial charge in [-0.3, -0.25) is 5.84 Å². The molecule has 0 atom stereocenters. The van der Waals surface area contributed by atoms with E-state index < -0.39 is 0 Å². The average Bonchev–Trinajstić information content (AvgIpc) is 2.28. The van der Waals surface area contributed by atoms with Gasteiger partial charge in [0.15, 0.2) is 0 Å². The van der Waals surface area contributed by atoms with Crippen LogP contribution in [0.1, 0.15) is 22.8 Å². The van der Waals surface area contributed by atoms with Crippen molar-refractivity contribution in [2.45, 2.75) is 12.8 Å². The van der Waals surface area contributed by atoms with Gasteiger partial charge >= 0.3 is 5.97 Å². The zero-order valence-electron chi connectivity index (χ0n) is 8.42. The van der Waals surface area contributed by atoms with Gasteiger partial charge in [0.25, 0.3) is 0 Å². The van der Waals surface area contributed by atoms with E-state index in [0.717, 1.165) is 5.56 Å². The van der Waals surface area contributed by atoms with E-state index in [0.29, 0.717) is 23.7 Å². The Labute approximate surface area is 93.3 Å². The first-order valence-electron chi connectivity index (χ1n) is 4.55. The lowest BCUT2D eigenvalue weighted by atomic mass is 10.1. The highest BCUT2D eigenvalue weighted by Crippen LogP contribution is 2.19. The van der Waals surface area contributed by atoms with Gasteiger partial charge in [-0.2, -0.15) is 0 Å². The van der Waals surface area contributed by atoms with Gasteiger partial charge in [0, 0.05) is 5.88 Å². The van der Waals surface area contributed by atoms with Gasteiger partial charge in [0.05, 0.1) is 17.9 Å². The lowest BCUT2D eigenvalue weighted by Crippen LogP contribution is -2.11. The smallest absolute Gasteiger partial charge is 0.338 e. The Hall–Kier alpha value is -1.26. The molecule has 15 heavy (non-hydrogen) atoms. The number of nitrogen functional groups attached to an aromatic ring is 1. The second kappa shape index (κ2) is 5.58. The monoisotopic (exact) mass is 228 g/mol. The van der Waals surface area contributed by atoms with Gasteiger partial charge in [0.2, 0.25) is 0 Å².